The van der Waals surface area contributed by atoms with Crippen LogP contribution in [-0.2, 0) is 4.74 Å². The van der Waals surface area contributed by atoms with E-state index >= 15 is 0 Å². The van der Waals surface area contributed by atoms with Crippen LogP contribution in [0.25, 0.3) is 23.3 Å². The quantitative estimate of drug-likeness (QED) is 0.378. The molecule has 0 heterocycles. The fourth-order valence-corrected chi connectivity index (χ4v) is 2.99. The number of rotatable bonds is 6. The van der Waals surface area contributed by atoms with Gasteiger partial charge in [0.05, 0.1) is 12.8 Å². The van der Waals surface area contributed by atoms with Crippen LogP contribution in [0.5, 0.6) is 0 Å². The maximum Gasteiger partial charge on any atom is 0.414 e. The van der Waals surface area contributed by atoms with Crippen molar-refractivity contribution in [2.45, 2.75) is 0 Å². The van der Waals surface area contributed by atoms with Gasteiger partial charge in [-0.2, -0.15) is 0 Å². The summed E-state index contributed by atoms with van der Waals surface area (Å²) in [5.74, 6) is 0. The third kappa shape index (κ3) is 4.57. The molecule has 0 aliphatic rings. The van der Waals surface area contributed by atoms with Crippen molar-refractivity contribution in [3.8, 4) is 11.1 Å². The minimum Gasteiger partial charge on any atom is -0.452 e. The number of benzene rings is 3. The molecule has 0 fully saturated rings. The van der Waals surface area contributed by atoms with Gasteiger partial charge in [0.25, 0.3) is 0 Å². The van der Waals surface area contributed by atoms with Crippen molar-refractivity contribution in [1.29, 1.82) is 0 Å². The van der Waals surface area contributed by atoms with Crippen molar-refractivity contribution in [2.75, 3.05) is 18.6 Å². The van der Waals surface area contributed by atoms with Crippen LogP contribution < -0.4 is 4.90 Å². The molecule has 140 valence electrons. The Bertz CT molecular complexity index is 959. The molecule has 0 unspecified atom stereocenters. The van der Waals surface area contributed by atoms with Crippen molar-refractivity contribution in [1.82, 2.24) is 0 Å². The minimum atomic E-state index is -0.409. The van der Waals surface area contributed by atoms with Gasteiger partial charge in [0.2, 0.25) is 0 Å². The molecule has 0 bridgehead atoms. The summed E-state index contributed by atoms with van der Waals surface area (Å²) in [5.41, 5.74) is 5.18. The Labute approximate surface area is 166 Å². The fraction of sp³-hybridized carbons (Fsp3) is 0.0800. The Morgan fingerprint density at radius 3 is 2.21 bits per heavy atom. The lowest BCUT2D eigenvalue weighted by Gasteiger charge is -2.21. The molecule has 0 spiro atoms. The van der Waals surface area contributed by atoms with Crippen LogP contribution in [0.1, 0.15) is 11.1 Å². The average molecular weight is 369 g/mol. The van der Waals surface area contributed by atoms with Crippen molar-refractivity contribution in [3.05, 3.63) is 103 Å². The Hall–Kier alpha value is -3.59. The number of carbonyl (C=O) groups is 1. The first-order chi connectivity index (χ1) is 13.7. The lowest BCUT2D eigenvalue weighted by molar-refractivity contribution is 0.179. The molecule has 0 radical (unpaired) electrons. The topological polar surface area (TPSA) is 29.5 Å². The Kier molecular flexibility index (Phi) is 6.42. The highest BCUT2D eigenvalue weighted by molar-refractivity contribution is 5.92. The predicted molar refractivity (Wildman–Crippen MR) is 117 cm³/mol. The SMILES string of the molecule is C=CCN(C(=O)OC)c1ccccc1C=Cc1ccc(-c2ccccc2)cc1. The summed E-state index contributed by atoms with van der Waals surface area (Å²) in [6.45, 7) is 4.11. The van der Waals surface area contributed by atoms with E-state index in [9.17, 15) is 4.79 Å². The van der Waals surface area contributed by atoms with Gasteiger partial charge in [-0.05, 0) is 28.3 Å². The number of hydrogen-bond acceptors (Lipinski definition) is 2. The van der Waals surface area contributed by atoms with Gasteiger partial charge < -0.3 is 4.74 Å². The van der Waals surface area contributed by atoms with Crippen LogP contribution >= 0.6 is 0 Å². The molecule has 28 heavy (non-hydrogen) atoms. The highest BCUT2D eigenvalue weighted by atomic mass is 16.5. The molecule has 3 nitrogen and oxygen atoms in total. The number of hydrogen-bond donors (Lipinski definition) is 0. The molecular formula is C25H23NO2. The highest BCUT2D eigenvalue weighted by Gasteiger charge is 2.16. The monoisotopic (exact) mass is 369 g/mol. The summed E-state index contributed by atoms with van der Waals surface area (Å²) < 4.78 is 4.91. The summed E-state index contributed by atoms with van der Waals surface area (Å²) in [5, 5.41) is 0. The van der Waals surface area contributed by atoms with E-state index in [0.717, 1.165) is 16.8 Å². The van der Waals surface area contributed by atoms with Crippen molar-refractivity contribution >= 4 is 23.9 Å². The zero-order valence-corrected chi connectivity index (χ0v) is 15.9. The molecule has 3 heteroatoms. The number of nitrogens with zero attached hydrogens (tertiary/aromatic N) is 1. The van der Waals surface area contributed by atoms with Gasteiger partial charge in [0.1, 0.15) is 0 Å². The van der Waals surface area contributed by atoms with E-state index in [-0.39, 0.29) is 0 Å². The second kappa shape index (κ2) is 9.38. The molecule has 0 saturated heterocycles. The molecule has 3 aromatic rings. The van der Waals surface area contributed by atoms with E-state index in [1.807, 2.05) is 54.6 Å². The van der Waals surface area contributed by atoms with Crippen LogP contribution in [0.2, 0.25) is 0 Å². The average Bonchev–Trinajstić information content (AvgIpc) is 2.77. The van der Waals surface area contributed by atoms with E-state index in [4.69, 9.17) is 4.74 Å². The van der Waals surface area contributed by atoms with Gasteiger partial charge in [-0.1, -0.05) is 91.0 Å². The summed E-state index contributed by atoms with van der Waals surface area (Å²) in [6, 6.07) is 26.4. The van der Waals surface area contributed by atoms with Gasteiger partial charge in [0.15, 0.2) is 0 Å². The molecule has 0 aromatic heterocycles. The molecule has 1 amide bonds. The number of para-hydroxylation sites is 1. The number of methoxy groups -OCH3 is 1. The largest absolute Gasteiger partial charge is 0.452 e. The lowest BCUT2D eigenvalue weighted by Crippen LogP contribution is -2.31. The van der Waals surface area contributed by atoms with E-state index in [2.05, 4.69) is 43.0 Å². The van der Waals surface area contributed by atoms with Gasteiger partial charge in [0, 0.05) is 6.54 Å². The first-order valence-corrected chi connectivity index (χ1v) is 9.12. The standard InChI is InChI=1S/C25H23NO2/c1-3-19-26(25(27)28-2)24-12-8-7-11-23(24)18-15-20-13-16-22(17-14-20)21-9-5-4-6-10-21/h3-18H,1,19H2,2H3. The molecule has 3 aromatic carbocycles. The van der Waals surface area contributed by atoms with Gasteiger partial charge in [-0.3, -0.25) is 4.90 Å². The molecule has 0 aliphatic heterocycles. The molecule has 0 atom stereocenters. The molecular weight excluding hydrogens is 346 g/mol. The van der Waals surface area contributed by atoms with Crippen molar-refractivity contribution in [3.63, 3.8) is 0 Å². The van der Waals surface area contributed by atoms with Crippen LogP contribution in [0.3, 0.4) is 0 Å². The first kappa shape index (κ1) is 19.2. The lowest BCUT2D eigenvalue weighted by atomic mass is 10.0. The minimum absolute atomic E-state index is 0.378. The van der Waals surface area contributed by atoms with Crippen molar-refractivity contribution in [2.24, 2.45) is 0 Å². The van der Waals surface area contributed by atoms with Crippen LogP contribution in [0.15, 0.2) is 91.5 Å². The molecule has 0 aliphatic carbocycles. The molecule has 3 rings (SSSR count). The summed E-state index contributed by atoms with van der Waals surface area (Å²) >= 11 is 0. The second-order valence-electron chi connectivity index (χ2n) is 6.25. The van der Waals surface area contributed by atoms with E-state index < -0.39 is 6.09 Å². The van der Waals surface area contributed by atoms with Crippen LogP contribution in [-0.4, -0.2) is 19.7 Å². The smallest absolute Gasteiger partial charge is 0.414 e. The number of amides is 1. The zero-order chi connectivity index (χ0) is 19.8. The second-order valence-corrected chi connectivity index (χ2v) is 6.25. The van der Waals surface area contributed by atoms with Gasteiger partial charge in [-0.25, -0.2) is 4.79 Å². The molecule has 0 N–H and O–H groups in total. The zero-order valence-electron chi connectivity index (χ0n) is 15.9. The third-order valence-corrected chi connectivity index (χ3v) is 4.41. The van der Waals surface area contributed by atoms with Crippen LogP contribution in [0, 0.1) is 0 Å². The summed E-state index contributed by atoms with van der Waals surface area (Å²) in [7, 11) is 1.38. The Balaban J connectivity index is 1.84. The van der Waals surface area contributed by atoms with Gasteiger partial charge in [-0.15, -0.1) is 6.58 Å². The highest BCUT2D eigenvalue weighted by Crippen LogP contribution is 2.24. The Morgan fingerprint density at radius 2 is 1.54 bits per heavy atom. The van der Waals surface area contributed by atoms with E-state index in [1.54, 1.807) is 11.0 Å². The summed E-state index contributed by atoms with van der Waals surface area (Å²) in [6.07, 6.45) is 5.32. The third-order valence-electron chi connectivity index (χ3n) is 4.41. The number of ether oxygens (including phenoxy) is 1. The summed E-state index contributed by atoms with van der Waals surface area (Å²) in [4.78, 5) is 13.7. The molecule has 0 saturated carbocycles. The van der Waals surface area contributed by atoms with Gasteiger partial charge >= 0.3 is 6.09 Å². The number of anilines is 1. The maximum atomic E-state index is 12.1. The normalized spacial score (nSPS) is 10.6. The van der Waals surface area contributed by atoms with Crippen LogP contribution in [0.4, 0.5) is 10.5 Å². The van der Waals surface area contributed by atoms with E-state index in [0.29, 0.717) is 6.54 Å². The fourth-order valence-electron chi connectivity index (χ4n) is 2.99. The first-order valence-electron chi connectivity index (χ1n) is 9.12. The van der Waals surface area contributed by atoms with Crippen molar-refractivity contribution < 1.29 is 9.53 Å². The number of carbonyl (C=O) groups excluding carboxylic acids is 1. The maximum absolute atomic E-state index is 12.1. The van der Waals surface area contributed by atoms with E-state index in [1.165, 1.54) is 18.2 Å². The predicted octanol–water partition coefficient (Wildman–Crippen LogP) is 6.28. The Morgan fingerprint density at radius 1 is 0.893 bits per heavy atom.